The number of rotatable bonds is 4. The average Bonchev–Trinajstić information content (AvgIpc) is 2.76. The van der Waals surface area contributed by atoms with Crippen molar-refractivity contribution in [3.05, 3.63) is 81.3 Å². The van der Waals surface area contributed by atoms with Crippen molar-refractivity contribution in [3.8, 4) is 5.69 Å². The number of nitrogens with zero attached hydrogens (tertiary/aromatic N) is 3. The minimum absolute atomic E-state index is 0.0412. The Bertz CT molecular complexity index is 1120. The highest BCUT2D eigenvalue weighted by Gasteiger charge is 2.27. The fourth-order valence-electron chi connectivity index (χ4n) is 3.54. The van der Waals surface area contributed by atoms with E-state index in [0.717, 1.165) is 29.5 Å². The van der Waals surface area contributed by atoms with Gasteiger partial charge >= 0.3 is 0 Å². The SMILES string of the molecule is O=C(Nc1ccc(Br)cc1)[C@H]1CCCN(c2ccc(=O)n(-c3cccc(F)c3)n2)C1. The maximum absolute atomic E-state index is 13.6. The van der Waals surface area contributed by atoms with Gasteiger partial charge in [0.15, 0.2) is 0 Å². The largest absolute Gasteiger partial charge is 0.354 e. The zero-order valence-corrected chi connectivity index (χ0v) is 17.7. The van der Waals surface area contributed by atoms with Crippen LogP contribution in [-0.2, 0) is 4.79 Å². The van der Waals surface area contributed by atoms with E-state index in [2.05, 4.69) is 26.3 Å². The Morgan fingerprint density at radius 1 is 1.13 bits per heavy atom. The molecule has 0 spiro atoms. The molecule has 1 aliphatic heterocycles. The first-order valence-electron chi connectivity index (χ1n) is 9.67. The Balaban J connectivity index is 1.52. The molecule has 2 heterocycles. The summed E-state index contributed by atoms with van der Waals surface area (Å²) in [7, 11) is 0. The van der Waals surface area contributed by atoms with Gasteiger partial charge in [-0.15, -0.1) is 5.10 Å². The van der Waals surface area contributed by atoms with E-state index >= 15 is 0 Å². The van der Waals surface area contributed by atoms with E-state index in [-0.39, 0.29) is 17.4 Å². The van der Waals surface area contributed by atoms with Crippen LogP contribution in [0.4, 0.5) is 15.9 Å². The van der Waals surface area contributed by atoms with Crippen molar-refractivity contribution in [1.29, 1.82) is 0 Å². The summed E-state index contributed by atoms with van der Waals surface area (Å²) in [5.74, 6) is -0.0894. The van der Waals surface area contributed by atoms with Gasteiger partial charge in [-0.05, 0) is 61.4 Å². The van der Waals surface area contributed by atoms with Gasteiger partial charge in [0.1, 0.15) is 11.6 Å². The number of halogens is 2. The second-order valence-corrected chi connectivity index (χ2v) is 8.12. The van der Waals surface area contributed by atoms with Crippen molar-refractivity contribution in [2.45, 2.75) is 12.8 Å². The van der Waals surface area contributed by atoms with Crippen LogP contribution in [0.2, 0.25) is 0 Å². The zero-order chi connectivity index (χ0) is 21.1. The summed E-state index contributed by atoms with van der Waals surface area (Å²) < 4.78 is 15.7. The summed E-state index contributed by atoms with van der Waals surface area (Å²) in [6.07, 6.45) is 1.61. The first-order valence-corrected chi connectivity index (χ1v) is 10.5. The number of anilines is 2. The summed E-state index contributed by atoms with van der Waals surface area (Å²) >= 11 is 3.38. The molecule has 4 rings (SSSR count). The van der Waals surface area contributed by atoms with Crippen LogP contribution in [0.5, 0.6) is 0 Å². The molecule has 1 saturated heterocycles. The summed E-state index contributed by atoms with van der Waals surface area (Å²) in [6.45, 7) is 1.23. The standard InChI is InChI=1S/C22H20BrFN4O2/c23-16-6-8-18(9-7-16)25-22(30)15-3-2-12-27(14-15)20-10-11-21(29)28(26-20)19-5-1-4-17(24)13-19/h1,4-11,13,15H,2-3,12,14H2,(H,25,30)/t15-/m0/s1. The fourth-order valence-corrected chi connectivity index (χ4v) is 3.80. The minimum atomic E-state index is -0.436. The molecule has 1 atom stereocenters. The molecular weight excluding hydrogens is 451 g/mol. The van der Waals surface area contributed by atoms with Gasteiger partial charge in [0, 0.05) is 29.3 Å². The highest BCUT2D eigenvalue weighted by atomic mass is 79.9. The lowest BCUT2D eigenvalue weighted by molar-refractivity contribution is -0.120. The Morgan fingerprint density at radius 2 is 1.93 bits per heavy atom. The van der Waals surface area contributed by atoms with Gasteiger partial charge in [-0.2, -0.15) is 4.68 Å². The van der Waals surface area contributed by atoms with Crippen LogP contribution in [-0.4, -0.2) is 28.8 Å². The molecule has 1 amide bonds. The summed E-state index contributed by atoms with van der Waals surface area (Å²) in [5, 5.41) is 7.38. The van der Waals surface area contributed by atoms with Crippen molar-refractivity contribution in [3.63, 3.8) is 0 Å². The zero-order valence-electron chi connectivity index (χ0n) is 16.1. The van der Waals surface area contributed by atoms with E-state index in [4.69, 9.17) is 0 Å². The smallest absolute Gasteiger partial charge is 0.271 e. The van der Waals surface area contributed by atoms with Crippen molar-refractivity contribution < 1.29 is 9.18 Å². The van der Waals surface area contributed by atoms with Crippen LogP contribution < -0.4 is 15.8 Å². The molecule has 3 aromatic rings. The van der Waals surface area contributed by atoms with Gasteiger partial charge in [-0.1, -0.05) is 22.0 Å². The van der Waals surface area contributed by atoms with Crippen molar-refractivity contribution >= 4 is 33.3 Å². The molecule has 0 aliphatic carbocycles. The number of carbonyl (C=O) groups excluding carboxylic acids is 1. The number of hydrogen-bond donors (Lipinski definition) is 1. The highest BCUT2D eigenvalue weighted by molar-refractivity contribution is 9.10. The number of carbonyl (C=O) groups is 1. The van der Waals surface area contributed by atoms with Gasteiger partial charge in [0.2, 0.25) is 5.91 Å². The van der Waals surface area contributed by atoms with E-state index in [0.29, 0.717) is 18.1 Å². The molecule has 0 bridgehead atoms. The van der Waals surface area contributed by atoms with Gasteiger partial charge in [0.05, 0.1) is 11.6 Å². The number of amides is 1. The molecule has 0 unspecified atom stereocenters. The molecule has 0 saturated carbocycles. The third kappa shape index (κ3) is 4.59. The van der Waals surface area contributed by atoms with Gasteiger partial charge in [-0.3, -0.25) is 9.59 Å². The van der Waals surface area contributed by atoms with Crippen molar-refractivity contribution in [1.82, 2.24) is 9.78 Å². The second-order valence-electron chi connectivity index (χ2n) is 7.20. The minimum Gasteiger partial charge on any atom is -0.354 e. The van der Waals surface area contributed by atoms with E-state index in [9.17, 15) is 14.0 Å². The third-order valence-corrected chi connectivity index (χ3v) is 5.60. The lowest BCUT2D eigenvalue weighted by Crippen LogP contribution is -2.41. The lowest BCUT2D eigenvalue weighted by Gasteiger charge is -2.32. The Hall–Kier alpha value is -3.00. The number of nitrogens with one attached hydrogen (secondary N) is 1. The molecule has 1 N–H and O–H groups in total. The summed E-state index contributed by atoms with van der Waals surface area (Å²) in [4.78, 5) is 27.0. The van der Waals surface area contributed by atoms with Crippen LogP contribution in [0, 0.1) is 11.7 Å². The quantitative estimate of drug-likeness (QED) is 0.625. The number of piperidine rings is 1. The summed E-state index contributed by atoms with van der Waals surface area (Å²) in [6, 6.07) is 16.3. The molecule has 1 fully saturated rings. The van der Waals surface area contributed by atoms with Gasteiger partial charge in [-0.25, -0.2) is 4.39 Å². The Morgan fingerprint density at radius 3 is 2.70 bits per heavy atom. The van der Waals surface area contributed by atoms with Crippen LogP contribution in [0.1, 0.15) is 12.8 Å². The molecular formula is C22H20BrFN4O2. The molecule has 8 heteroatoms. The normalized spacial score (nSPS) is 16.3. The molecule has 154 valence electrons. The Kier molecular flexibility index (Phi) is 5.94. The second kappa shape index (κ2) is 8.79. The van der Waals surface area contributed by atoms with Crippen molar-refractivity contribution in [2.24, 2.45) is 5.92 Å². The maximum atomic E-state index is 13.6. The molecule has 30 heavy (non-hydrogen) atoms. The lowest BCUT2D eigenvalue weighted by atomic mass is 9.97. The third-order valence-electron chi connectivity index (χ3n) is 5.07. The number of aromatic nitrogens is 2. The molecule has 2 aromatic carbocycles. The van der Waals surface area contributed by atoms with Gasteiger partial charge < -0.3 is 10.2 Å². The van der Waals surface area contributed by atoms with E-state index in [1.165, 1.54) is 28.9 Å². The predicted octanol–water partition coefficient (Wildman–Crippen LogP) is 3.99. The van der Waals surface area contributed by atoms with Crippen LogP contribution in [0.25, 0.3) is 5.69 Å². The first-order chi connectivity index (χ1) is 14.5. The fraction of sp³-hybridized carbons (Fsp3) is 0.227. The topological polar surface area (TPSA) is 67.2 Å². The first kappa shape index (κ1) is 20.3. The number of hydrogen-bond acceptors (Lipinski definition) is 4. The average molecular weight is 471 g/mol. The number of benzene rings is 2. The maximum Gasteiger partial charge on any atom is 0.271 e. The predicted molar refractivity (Wildman–Crippen MR) is 118 cm³/mol. The van der Waals surface area contributed by atoms with E-state index in [1.807, 2.05) is 29.2 Å². The van der Waals surface area contributed by atoms with Crippen LogP contribution in [0.15, 0.2) is 69.9 Å². The monoisotopic (exact) mass is 470 g/mol. The van der Waals surface area contributed by atoms with Gasteiger partial charge in [0.25, 0.3) is 5.56 Å². The summed E-state index contributed by atoms with van der Waals surface area (Å²) in [5.41, 5.74) is 0.771. The molecule has 1 aromatic heterocycles. The van der Waals surface area contributed by atoms with E-state index < -0.39 is 5.82 Å². The van der Waals surface area contributed by atoms with E-state index in [1.54, 1.807) is 12.1 Å². The van der Waals surface area contributed by atoms with Crippen LogP contribution >= 0.6 is 15.9 Å². The van der Waals surface area contributed by atoms with Crippen molar-refractivity contribution in [2.75, 3.05) is 23.3 Å². The molecule has 0 radical (unpaired) electrons. The Labute approximate surface area is 181 Å². The molecule has 6 nitrogen and oxygen atoms in total. The molecule has 1 aliphatic rings. The highest BCUT2D eigenvalue weighted by Crippen LogP contribution is 2.23. The van der Waals surface area contributed by atoms with Crippen LogP contribution in [0.3, 0.4) is 0 Å².